The van der Waals surface area contributed by atoms with Gasteiger partial charge in [0.2, 0.25) is 0 Å². The molecule has 1 aromatic rings. The van der Waals surface area contributed by atoms with E-state index >= 15 is 0 Å². The van der Waals surface area contributed by atoms with Gasteiger partial charge in [-0.25, -0.2) is 4.39 Å². The third-order valence-electron chi connectivity index (χ3n) is 2.60. The Morgan fingerprint density at radius 3 is 2.87 bits per heavy atom. The van der Waals surface area contributed by atoms with Gasteiger partial charge in [0, 0.05) is 18.7 Å². The lowest BCUT2D eigenvalue weighted by atomic mass is 10.2. The van der Waals surface area contributed by atoms with Crippen LogP contribution in [0.3, 0.4) is 0 Å². The topological polar surface area (TPSA) is 47.3 Å². The summed E-state index contributed by atoms with van der Waals surface area (Å²) in [5, 5.41) is 3.21. The van der Waals surface area contributed by atoms with Crippen LogP contribution in [0.2, 0.25) is 0 Å². The molecule has 0 amide bonds. The largest absolute Gasteiger partial charge is 0.494 e. The molecule has 1 aliphatic rings. The molecule has 0 atom stereocenters. The molecule has 1 aromatic carbocycles. The number of halogens is 1. The molecule has 3 nitrogen and oxygen atoms in total. The van der Waals surface area contributed by atoms with E-state index in [1.165, 1.54) is 26.0 Å². The fourth-order valence-electron chi connectivity index (χ4n) is 1.45. The third kappa shape index (κ3) is 2.32. The standard InChI is InChI=1S/C11H15FN2O/c1-15-11-5-10(9(13)4-8(11)12)14-6-7-2-3-7/h4-5,7,14H,2-3,6,13H2,1H3. The highest BCUT2D eigenvalue weighted by molar-refractivity contribution is 5.68. The maximum Gasteiger partial charge on any atom is 0.167 e. The van der Waals surface area contributed by atoms with Gasteiger partial charge in [-0.15, -0.1) is 0 Å². The second-order valence-corrected chi connectivity index (χ2v) is 3.90. The number of nitrogen functional groups attached to an aromatic ring is 1. The minimum absolute atomic E-state index is 0.225. The second-order valence-electron chi connectivity index (χ2n) is 3.90. The Labute approximate surface area is 88.4 Å². The highest BCUT2D eigenvalue weighted by atomic mass is 19.1. The Balaban J connectivity index is 2.13. The number of hydrogen-bond donors (Lipinski definition) is 2. The van der Waals surface area contributed by atoms with E-state index in [0.717, 1.165) is 18.2 Å². The Kier molecular flexibility index (Phi) is 2.66. The summed E-state index contributed by atoms with van der Waals surface area (Å²) in [5.74, 6) is 0.551. The van der Waals surface area contributed by atoms with E-state index in [2.05, 4.69) is 5.32 Å². The summed E-state index contributed by atoms with van der Waals surface area (Å²) in [7, 11) is 1.44. The predicted octanol–water partition coefficient (Wildman–Crippen LogP) is 2.24. The number of anilines is 2. The molecule has 4 heteroatoms. The van der Waals surface area contributed by atoms with Crippen molar-refractivity contribution in [3.8, 4) is 5.75 Å². The van der Waals surface area contributed by atoms with E-state index in [1.807, 2.05) is 0 Å². The normalized spacial score (nSPS) is 15.1. The number of rotatable bonds is 4. The quantitative estimate of drug-likeness (QED) is 0.749. The van der Waals surface area contributed by atoms with Crippen molar-refractivity contribution in [1.29, 1.82) is 0 Å². The lowest BCUT2D eigenvalue weighted by Gasteiger charge is -2.11. The van der Waals surface area contributed by atoms with Crippen molar-refractivity contribution < 1.29 is 9.13 Å². The zero-order chi connectivity index (χ0) is 10.8. The fraction of sp³-hybridized carbons (Fsp3) is 0.455. The van der Waals surface area contributed by atoms with Gasteiger partial charge >= 0.3 is 0 Å². The molecular formula is C11H15FN2O. The first-order valence-corrected chi connectivity index (χ1v) is 5.07. The molecule has 3 N–H and O–H groups in total. The SMILES string of the molecule is COc1cc(NCC2CC2)c(N)cc1F. The minimum atomic E-state index is -0.424. The van der Waals surface area contributed by atoms with Crippen molar-refractivity contribution in [2.75, 3.05) is 24.7 Å². The maximum absolute atomic E-state index is 13.2. The van der Waals surface area contributed by atoms with Gasteiger partial charge in [0.1, 0.15) is 0 Å². The summed E-state index contributed by atoms with van der Waals surface area (Å²) in [6, 6.07) is 2.89. The van der Waals surface area contributed by atoms with Crippen LogP contribution < -0.4 is 15.8 Å². The van der Waals surface area contributed by atoms with Crippen LogP contribution in [0, 0.1) is 11.7 Å². The van der Waals surface area contributed by atoms with Crippen molar-refractivity contribution in [3.05, 3.63) is 17.9 Å². The van der Waals surface area contributed by atoms with Gasteiger partial charge in [-0.1, -0.05) is 0 Å². The van der Waals surface area contributed by atoms with E-state index in [9.17, 15) is 4.39 Å². The van der Waals surface area contributed by atoms with Crippen LogP contribution in [0.15, 0.2) is 12.1 Å². The Bertz CT molecular complexity index is 364. The van der Waals surface area contributed by atoms with Crippen LogP contribution in [0.1, 0.15) is 12.8 Å². The van der Waals surface area contributed by atoms with Crippen molar-refractivity contribution in [1.82, 2.24) is 0 Å². The van der Waals surface area contributed by atoms with Gasteiger partial charge in [0.25, 0.3) is 0 Å². The van der Waals surface area contributed by atoms with Gasteiger partial charge in [0.05, 0.1) is 18.5 Å². The predicted molar refractivity (Wildman–Crippen MR) is 58.6 cm³/mol. The molecule has 0 aromatic heterocycles. The number of methoxy groups -OCH3 is 1. The molecule has 0 unspecified atom stereocenters. The van der Waals surface area contributed by atoms with Crippen LogP contribution in [-0.2, 0) is 0 Å². The molecule has 0 radical (unpaired) electrons. The molecule has 0 aliphatic heterocycles. The fourth-order valence-corrected chi connectivity index (χ4v) is 1.45. The molecule has 1 saturated carbocycles. The summed E-state index contributed by atoms with van der Waals surface area (Å²) >= 11 is 0. The van der Waals surface area contributed by atoms with Crippen molar-refractivity contribution >= 4 is 11.4 Å². The van der Waals surface area contributed by atoms with Crippen molar-refractivity contribution in [2.24, 2.45) is 5.92 Å². The van der Waals surface area contributed by atoms with Crippen LogP contribution in [-0.4, -0.2) is 13.7 Å². The average molecular weight is 210 g/mol. The van der Waals surface area contributed by atoms with E-state index < -0.39 is 5.82 Å². The minimum Gasteiger partial charge on any atom is -0.494 e. The number of hydrogen-bond acceptors (Lipinski definition) is 3. The summed E-state index contributed by atoms with van der Waals surface area (Å²) < 4.78 is 18.1. The third-order valence-corrected chi connectivity index (χ3v) is 2.60. The first-order chi connectivity index (χ1) is 7.20. The molecule has 0 bridgehead atoms. The smallest absolute Gasteiger partial charge is 0.167 e. The van der Waals surface area contributed by atoms with Gasteiger partial charge in [-0.3, -0.25) is 0 Å². The van der Waals surface area contributed by atoms with Crippen molar-refractivity contribution in [3.63, 3.8) is 0 Å². The Morgan fingerprint density at radius 2 is 2.27 bits per heavy atom. The molecule has 82 valence electrons. The number of benzene rings is 1. The highest BCUT2D eigenvalue weighted by Crippen LogP contribution is 2.32. The summed E-state index contributed by atoms with van der Waals surface area (Å²) in [4.78, 5) is 0. The molecule has 0 heterocycles. The maximum atomic E-state index is 13.2. The van der Waals surface area contributed by atoms with E-state index in [4.69, 9.17) is 10.5 Å². The first kappa shape index (κ1) is 10.1. The Morgan fingerprint density at radius 1 is 1.53 bits per heavy atom. The lowest BCUT2D eigenvalue weighted by Crippen LogP contribution is -2.06. The lowest BCUT2D eigenvalue weighted by molar-refractivity contribution is 0.387. The second kappa shape index (κ2) is 3.96. The number of ether oxygens (including phenoxy) is 1. The van der Waals surface area contributed by atoms with Gasteiger partial charge in [0.15, 0.2) is 11.6 Å². The van der Waals surface area contributed by atoms with Gasteiger partial charge in [-0.2, -0.15) is 0 Å². The van der Waals surface area contributed by atoms with Crippen LogP contribution in [0.25, 0.3) is 0 Å². The first-order valence-electron chi connectivity index (χ1n) is 5.07. The summed E-state index contributed by atoms with van der Waals surface area (Å²) in [6.07, 6.45) is 2.54. The summed E-state index contributed by atoms with van der Waals surface area (Å²) in [5.41, 5.74) is 6.87. The molecular weight excluding hydrogens is 195 g/mol. The Hall–Kier alpha value is -1.45. The van der Waals surface area contributed by atoms with E-state index in [-0.39, 0.29) is 5.75 Å². The molecule has 0 saturated heterocycles. The van der Waals surface area contributed by atoms with Crippen LogP contribution >= 0.6 is 0 Å². The van der Waals surface area contributed by atoms with Crippen molar-refractivity contribution in [2.45, 2.75) is 12.8 Å². The molecule has 2 rings (SSSR count). The van der Waals surface area contributed by atoms with E-state index in [1.54, 1.807) is 6.07 Å². The molecule has 1 fully saturated rings. The van der Waals surface area contributed by atoms with E-state index in [0.29, 0.717) is 5.69 Å². The zero-order valence-electron chi connectivity index (χ0n) is 8.72. The van der Waals surface area contributed by atoms with Gasteiger partial charge in [-0.05, 0) is 18.8 Å². The molecule has 0 spiro atoms. The van der Waals surface area contributed by atoms with Gasteiger partial charge < -0.3 is 15.8 Å². The summed E-state index contributed by atoms with van der Waals surface area (Å²) in [6.45, 7) is 0.902. The zero-order valence-corrected chi connectivity index (χ0v) is 8.72. The highest BCUT2D eigenvalue weighted by Gasteiger charge is 2.21. The monoisotopic (exact) mass is 210 g/mol. The molecule has 15 heavy (non-hydrogen) atoms. The van der Waals surface area contributed by atoms with Crippen LogP contribution in [0.4, 0.5) is 15.8 Å². The average Bonchev–Trinajstić information content (AvgIpc) is 3.00. The molecule has 1 aliphatic carbocycles. The van der Waals surface area contributed by atoms with Crippen LogP contribution in [0.5, 0.6) is 5.75 Å². The number of nitrogens with two attached hydrogens (primary N) is 1. The number of nitrogens with one attached hydrogen (secondary N) is 1.